The third-order valence-corrected chi connectivity index (χ3v) is 7.47. The molecule has 160 valence electrons. The van der Waals surface area contributed by atoms with Crippen molar-refractivity contribution in [2.45, 2.75) is 30.6 Å². The van der Waals surface area contributed by atoms with Gasteiger partial charge < -0.3 is 15.5 Å². The number of anilines is 3. The lowest BCUT2D eigenvalue weighted by Gasteiger charge is -2.33. The van der Waals surface area contributed by atoms with Crippen LogP contribution in [0.25, 0.3) is 0 Å². The Kier molecular flexibility index (Phi) is 5.60. The number of nitrogens with one attached hydrogen (secondary N) is 1. The number of amides is 1. The summed E-state index contributed by atoms with van der Waals surface area (Å²) < 4.78 is 29.1. The highest BCUT2D eigenvalue weighted by molar-refractivity contribution is 7.92. The standard InChI is InChI=1S/C22H28N4O3S/c1-25-12-4-5-16-8-9-18(15-21(16)25)30(28,29)24-19-6-2-3-7-20(19)26-13-10-17(11-14-26)22(23)27/h2-3,6-9,15,17,24H,4-5,10-14H2,1H3,(H2,23,27). The Labute approximate surface area is 177 Å². The molecule has 30 heavy (non-hydrogen) atoms. The molecule has 1 saturated heterocycles. The summed E-state index contributed by atoms with van der Waals surface area (Å²) in [4.78, 5) is 15.9. The Bertz CT molecular complexity index is 1050. The van der Waals surface area contributed by atoms with E-state index < -0.39 is 10.0 Å². The summed E-state index contributed by atoms with van der Waals surface area (Å²) >= 11 is 0. The van der Waals surface area contributed by atoms with Gasteiger partial charge in [-0.1, -0.05) is 18.2 Å². The summed E-state index contributed by atoms with van der Waals surface area (Å²) in [6, 6.07) is 12.7. The second-order valence-electron chi connectivity index (χ2n) is 8.10. The van der Waals surface area contributed by atoms with Crippen molar-refractivity contribution < 1.29 is 13.2 Å². The van der Waals surface area contributed by atoms with Crippen LogP contribution in [0.3, 0.4) is 0 Å². The fourth-order valence-electron chi connectivity index (χ4n) is 4.35. The molecule has 4 rings (SSSR count). The van der Waals surface area contributed by atoms with E-state index in [-0.39, 0.29) is 16.7 Å². The van der Waals surface area contributed by atoms with E-state index in [9.17, 15) is 13.2 Å². The van der Waals surface area contributed by atoms with Gasteiger partial charge in [0.05, 0.1) is 16.3 Å². The molecule has 0 aliphatic carbocycles. The number of para-hydroxylation sites is 2. The third kappa shape index (κ3) is 4.09. The second kappa shape index (κ2) is 8.18. The SMILES string of the molecule is CN1CCCc2ccc(S(=O)(=O)Nc3ccccc3N3CCC(C(N)=O)CC3)cc21. The highest BCUT2D eigenvalue weighted by atomic mass is 32.2. The van der Waals surface area contributed by atoms with Gasteiger partial charge in [0.15, 0.2) is 0 Å². The summed E-state index contributed by atoms with van der Waals surface area (Å²) in [5.41, 5.74) is 8.95. The number of benzene rings is 2. The van der Waals surface area contributed by atoms with Crippen molar-refractivity contribution in [3.8, 4) is 0 Å². The van der Waals surface area contributed by atoms with Crippen LogP contribution in [0.4, 0.5) is 17.1 Å². The minimum atomic E-state index is -3.73. The highest BCUT2D eigenvalue weighted by Gasteiger charge is 2.26. The minimum Gasteiger partial charge on any atom is -0.374 e. The molecular weight excluding hydrogens is 400 g/mol. The van der Waals surface area contributed by atoms with Gasteiger partial charge in [0.2, 0.25) is 5.91 Å². The van der Waals surface area contributed by atoms with Crippen molar-refractivity contribution in [2.75, 3.05) is 41.2 Å². The van der Waals surface area contributed by atoms with Crippen molar-refractivity contribution in [3.63, 3.8) is 0 Å². The van der Waals surface area contributed by atoms with Crippen molar-refractivity contribution >= 4 is 33.0 Å². The normalized spacial score (nSPS) is 17.5. The molecule has 2 heterocycles. The van der Waals surface area contributed by atoms with E-state index in [2.05, 4.69) is 14.5 Å². The number of aryl methyl sites for hydroxylation is 1. The van der Waals surface area contributed by atoms with Crippen molar-refractivity contribution in [1.29, 1.82) is 0 Å². The van der Waals surface area contributed by atoms with E-state index in [0.717, 1.165) is 30.8 Å². The smallest absolute Gasteiger partial charge is 0.262 e. The lowest BCUT2D eigenvalue weighted by Crippen LogP contribution is -2.38. The molecule has 1 amide bonds. The van der Waals surface area contributed by atoms with E-state index in [1.807, 2.05) is 31.3 Å². The Hall–Kier alpha value is -2.74. The molecule has 2 aromatic rings. The first-order valence-electron chi connectivity index (χ1n) is 10.4. The van der Waals surface area contributed by atoms with Gasteiger partial charge in [-0.25, -0.2) is 8.42 Å². The Balaban J connectivity index is 1.58. The zero-order chi connectivity index (χ0) is 21.3. The number of hydrogen-bond donors (Lipinski definition) is 2. The summed E-state index contributed by atoms with van der Waals surface area (Å²) in [6.07, 6.45) is 3.40. The number of primary amides is 1. The number of piperidine rings is 1. The molecule has 0 unspecified atom stereocenters. The van der Waals surface area contributed by atoms with Crippen LogP contribution in [0.1, 0.15) is 24.8 Å². The largest absolute Gasteiger partial charge is 0.374 e. The number of nitrogens with zero attached hydrogens (tertiary/aromatic N) is 2. The van der Waals surface area contributed by atoms with Crippen LogP contribution in [0, 0.1) is 5.92 Å². The van der Waals surface area contributed by atoms with E-state index in [4.69, 9.17) is 5.73 Å². The topological polar surface area (TPSA) is 95.7 Å². The average molecular weight is 429 g/mol. The first-order chi connectivity index (χ1) is 14.3. The van der Waals surface area contributed by atoms with Gasteiger partial charge in [-0.05, 0) is 55.5 Å². The minimum absolute atomic E-state index is 0.113. The van der Waals surface area contributed by atoms with Gasteiger partial charge in [-0.2, -0.15) is 0 Å². The molecule has 1 fully saturated rings. The van der Waals surface area contributed by atoms with Crippen molar-refractivity contribution in [1.82, 2.24) is 0 Å². The molecule has 0 bridgehead atoms. The maximum Gasteiger partial charge on any atom is 0.262 e. The van der Waals surface area contributed by atoms with Crippen LogP contribution in [0.5, 0.6) is 0 Å². The van der Waals surface area contributed by atoms with Crippen molar-refractivity contribution in [2.24, 2.45) is 11.7 Å². The molecule has 0 atom stereocenters. The monoisotopic (exact) mass is 428 g/mol. The van der Waals surface area contributed by atoms with Crippen LogP contribution in [0.15, 0.2) is 47.4 Å². The highest BCUT2D eigenvalue weighted by Crippen LogP contribution is 2.33. The van der Waals surface area contributed by atoms with Gasteiger partial charge in [-0.15, -0.1) is 0 Å². The Morgan fingerprint density at radius 1 is 1.07 bits per heavy atom. The van der Waals surface area contributed by atoms with Crippen LogP contribution < -0.4 is 20.3 Å². The van der Waals surface area contributed by atoms with Crippen LogP contribution in [-0.2, 0) is 21.2 Å². The average Bonchev–Trinajstić information content (AvgIpc) is 2.74. The van der Waals surface area contributed by atoms with E-state index in [1.165, 1.54) is 5.56 Å². The molecule has 2 aliphatic rings. The van der Waals surface area contributed by atoms with Gasteiger partial charge in [0, 0.05) is 38.3 Å². The maximum absolute atomic E-state index is 13.2. The molecule has 2 aromatic carbocycles. The Morgan fingerprint density at radius 3 is 2.53 bits per heavy atom. The number of carbonyl (C=O) groups excluding carboxylic acids is 1. The fraction of sp³-hybridized carbons (Fsp3) is 0.409. The molecule has 2 aliphatic heterocycles. The number of carbonyl (C=O) groups is 1. The van der Waals surface area contributed by atoms with Gasteiger partial charge >= 0.3 is 0 Å². The van der Waals surface area contributed by atoms with Gasteiger partial charge in [0.1, 0.15) is 0 Å². The number of hydrogen-bond acceptors (Lipinski definition) is 5. The molecule has 7 nitrogen and oxygen atoms in total. The summed E-state index contributed by atoms with van der Waals surface area (Å²) in [5.74, 6) is -0.376. The lowest BCUT2D eigenvalue weighted by atomic mass is 9.96. The number of sulfonamides is 1. The zero-order valence-corrected chi connectivity index (χ0v) is 18.0. The predicted molar refractivity (Wildman–Crippen MR) is 119 cm³/mol. The predicted octanol–water partition coefficient (Wildman–Crippen LogP) is 2.57. The molecule has 8 heteroatoms. The first-order valence-corrected chi connectivity index (χ1v) is 11.8. The third-order valence-electron chi connectivity index (χ3n) is 6.10. The maximum atomic E-state index is 13.2. The summed E-state index contributed by atoms with van der Waals surface area (Å²) in [7, 11) is -1.74. The van der Waals surface area contributed by atoms with Gasteiger partial charge in [0.25, 0.3) is 10.0 Å². The van der Waals surface area contributed by atoms with Crippen LogP contribution in [0.2, 0.25) is 0 Å². The Morgan fingerprint density at radius 2 is 1.80 bits per heavy atom. The second-order valence-corrected chi connectivity index (χ2v) is 9.78. The summed E-state index contributed by atoms with van der Waals surface area (Å²) in [5, 5.41) is 0. The van der Waals surface area contributed by atoms with E-state index in [0.29, 0.717) is 31.6 Å². The number of rotatable bonds is 5. The first kappa shape index (κ1) is 20.5. The van der Waals surface area contributed by atoms with Crippen LogP contribution >= 0.6 is 0 Å². The van der Waals surface area contributed by atoms with Crippen molar-refractivity contribution in [3.05, 3.63) is 48.0 Å². The number of nitrogens with two attached hydrogens (primary N) is 1. The molecule has 3 N–H and O–H groups in total. The molecule has 0 saturated carbocycles. The molecule has 0 aromatic heterocycles. The van der Waals surface area contributed by atoms with Crippen LogP contribution in [-0.4, -0.2) is 41.0 Å². The molecule has 0 spiro atoms. The van der Waals surface area contributed by atoms with E-state index >= 15 is 0 Å². The molecule has 0 radical (unpaired) electrons. The number of fused-ring (bicyclic) bond motifs is 1. The fourth-order valence-corrected chi connectivity index (χ4v) is 5.44. The molecular formula is C22H28N4O3S. The van der Waals surface area contributed by atoms with E-state index in [1.54, 1.807) is 18.2 Å². The lowest BCUT2D eigenvalue weighted by molar-refractivity contribution is -0.122. The zero-order valence-electron chi connectivity index (χ0n) is 17.2. The summed E-state index contributed by atoms with van der Waals surface area (Å²) in [6.45, 7) is 2.25. The van der Waals surface area contributed by atoms with Gasteiger partial charge in [-0.3, -0.25) is 9.52 Å². The quantitative estimate of drug-likeness (QED) is 0.763.